The average Bonchev–Trinajstić information content (AvgIpc) is 2.52. The van der Waals surface area contributed by atoms with Gasteiger partial charge in [0.1, 0.15) is 11.5 Å². The van der Waals surface area contributed by atoms with Gasteiger partial charge in [-0.15, -0.1) is 0 Å². The highest BCUT2D eigenvalue weighted by Gasteiger charge is 2.07. The molecule has 0 atom stereocenters. The maximum absolute atomic E-state index is 5.37. The van der Waals surface area contributed by atoms with E-state index >= 15 is 0 Å². The Morgan fingerprint density at radius 1 is 1.00 bits per heavy atom. The lowest BCUT2D eigenvalue weighted by Gasteiger charge is -2.10. The first-order valence-corrected chi connectivity index (χ1v) is 6.32. The van der Waals surface area contributed by atoms with E-state index in [0.29, 0.717) is 0 Å². The molecule has 2 rings (SSSR count). The van der Waals surface area contributed by atoms with Crippen molar-refractivity contribution >= 4 is 11.4 Å². The number of methoxy groups -OCH3 is 2. The van der Waals surface area contributed by atoms with Crippen LogP contribution in [0.4, 0.5) is 5.69 Å². The minimum Gasteiger partial charge on any atom is -0.497 e. The van der Waals surface area contributed by atoms with E-state index in [9.17, 15) is 0 Å². The largest absolute Gasteiger partial charge is 0.497 e. The SMILES string of the molecule is COc1ccc(/C(C)=N/Nc2ccccc2)c(OC)c1. The van der Waals surface area contributed by atoms with Gasteiger partial charge in [0.2, 0.25) is 0 Å². The van der Waals surface area contributed by atoms with Crippen LogP contribution < -0.4 is 14.9 Å². The molecule has 0 aliphatic carbocycles. The molecule has 0 aliphatic heterocycles. The Labute approximate surface area is 119 Å². The van der Waals surface area contributed by atoms with Crippen molar-refractivity contribution in [3.05, 3.63) is 54.1 Å². The summed E-state index contributed by atoms with van der Waals surface area (Å²) in [5.74, 6) is 1.50. The topological polar surface area (TPSA) is 42.8 Å². The van der Waals surface area contributed by atoms with E-state index in [1.165, 1.54) is 0 Å². The molecule has 0 spiro atoms. The molecule has 0 saturated carbocycles. The van der Waals surface area contributed by atoms with Gasteiger partial charge in [0.05, 0.1) is 25.6 Å². The molecular formula is C16H18N2O2. The molecule has 0 saturated heterocycles. The smallest absolute Gasteiger partial charge is 0.131 e. The van der Waals surface area contributed by atoms with E-state index in [1.54, 1.807) is 14.2 Å². The summed E-state index contributed by atoms with van der Waals surface area (Å²) in [5, 5.41) is 4.37. The van der Waals surface area contributed by atoms with E-state index in [4.69, 9.17) is 9.47 Å². The van der Waals surface area contributed by atoms with Crippen LogP contribution in [0.5, 0.6) is 11.5 Å². The highest BCUT2D eigenvalue weighted by atomic mass is 16.5. The van der Waals surface area contributed by atoms with Crippen molar-refractivity contribution in [3.8, 4) is 11.5 Å². The minimum atomic E-state index is 0.737. The van der Waals surface area contributed by atoms with Crippen molar-refractivity contribution in [2.75, 3.05) is 19.6 Å². The number of hydrogen-bond acceptors (Lipinski definition) is 4. The lowest BCUT2D eigenvalue weighted by Crippen LogP contribution is -2.02. The molecule has 0 aliphatic rings. The van der Waals surface area contributed by atoms with Crippen LogP contribution >= 0.6 is 0 Å². The van der Waals surface area contributed by atoms with E-state index in [0.717, 1.165) is 28.5 Å². The Morgan fingerprint density at radius 3 is 2.40 bits per heavy atom. The second-order valence-electron chi connectivity index (χ2n) is 4.24. The Balaban J connectivity index is 2.22. The molecule has 2 aromatic carbocycles. The van der Waals surface area contributed by atoms with Gasteiger partial charge in [-0.1, -0.05) is 18.2 Å². The maximum atomic E-state index is 5.37. The van der Waals surface area contributed by atoms with Crippen molar-refractivity contribution in [3.63, 3.8) is 0 Å². The molecule has 0 unspecified atom stereocenters. The van der Waals surface area contributed by atoms with Crippen molar-refractivity contribution in [1.82, 2.24) is 0 Å². The molecule has 0 aromatic heterocycles. The number of hydrazone groups is 1. The average molecular weight is 270 g/mol. The molecule has 104 valence electrons. The number of para-hydroxylation sites is 1. The predicted octanol–water partition coefficient (Wildman–Crippen LogP) is 3.54. The Kier molecular flexibility index (Phi) is 4.60. The summed E-state index contributed by atoms with van der Waals surface area (Å²) in [5.41, 5.74) is 5.74. The molecule has 4 heteroatoms. The van der Waals surface area contributed by atoms with Crippen LogP contribution in [0.2, 0.25) is 0 Å². The molecule has 20 heavy (non-hydrogen) atoms. The first-order chi connectivity index (χ1) is 9.74. The summed E-state index contributed by atoms with van der Waals surface area (Å²) in [7, 11) is 3.27. The first-order valence-electron chi connectivity index (χ1n) is 6.32. The van der Waals surface area contributed by atoms with Gasteiger partial charge in [-0.25, -0.2) is 0 Å². The molecule has 0 amide bonds. The Hall–Kier alpha value is -2.49. The van der Waals surface area contributed by atoms with Crippen LogP contribution in [0, 0.1) is 0 Å². The second-order valence-corrected chi connectivity index (χ2v) is 4.24. The highest BCUT2D eigenvalue weighted by Crippen LogP contribution is 2.25. The van der Waals surface area contributed by atoms with Gasteiger partial charge in [0, 0.05) is 11.6 Å². The minimum absolute atomic E-state index is 0.737. The van der Waals surface area contributed by atoms with Crippen molar-refractivity contribution in [2.45, 2.75) is 6.92 Å². The third-order valence-corrected chi connectivity index (χ3v) is 2.92. The Morgan fingerprint density at radius 2 is 1.75 bits per heavy atom. The van der Waals surface area contributed by atoms with Gasteiger partial charge in [-0.3, -0.25) is 5.43 Å². The summed E-state index contributed by atoms with van der Waals surface area (Å²) < 4.78 is 10.6. The normalized spacial score (nSPS) is 11.1. The van der Waals surface area contributed by atoms with Gasteiger partial charge in [-0.05, 0) is 31.2 Å². The molecular weight excluding hydrogens is 252 g/mol. The zero-order valence-corrected chi connectivity index (χ0v) is 11.9. The summed E-state index contributed by atoms with van der Waals surface area (Å²) in [6.45, 7) is 1.93. The number of ether oxygens (including phenoxy) is 2. The summed E-state index contributed by atoms with van der Waals surface area (Å²) in [4.78, 5) is 0. The number of nitrogens with zero attached hydrogens (tertiary/aromatic N) is 1. The van der Waals surface area contributed by atoms with Gasteiger partial charge in [0.25, 0.3) is 0 Å². The highest BCUT2D eigenvalue weighted by molar-refractivity contribution is 6.01. The maximum Gasteiger partial charge on any atom is 0.131 e. The Bertz CT molecular complexity index is 595. The fraction of sp³-hybridized carbons (Fsp3) is 0.188. The van der Waals surface area contributed by atoms with E-state index < -0.39 is 0 Å². The van der Waals surface area contributed by atoms with Crippen LogP contribution in [0.15, 0.2) is 53.6 Å². The third kappa shape index (κ3) is 3.29. The van der Waals surface area contributed by atoms with Gasteiger partial charge in [-0.2, -0.15) is 5.10 Å². The van der Waals surface area contributed by atoms with Crippen molar-refractivity contribution in [2.24, 2.45) is 5.10 Å². The molecule has 0 fully saturated rings. The van der Waals surface area contributed by atoms with E-state index in [1.807, 2.05) is 55.5 Å². The quantitative estimate of drug-likeness (QED) is 0.667. The molecule has 1 N–H and O–H groups in total. The van der Waals surface area contributed by atoms with Gasteiger partial charge in [0.15, 0.2) is 0 Å². The monoisotopic (exact) mass is 270 g/mol. The molecule has 0 radical (unpaired) electrons. The van der Waals surface area contributed by atoms with Crippen LogP contribution in [0.3, 0.4) is 0 Å². The first kappa shape index (κ1) is 13.9. The van der Waals surface area contributed by atoms with Crippen molar-refractivity contribution in [1.29, 1.82) is 0 Å². The van der Waals surface area contributed by atoms with E-state index in [2.05, 4.69) is 10.5 Å². The zero-order valence-electron chi connectivity index (χ0n) is 11.9. The van der Waals surface area contributed by atoms with Crippen LogP contribution in [-0.2, 0) is 0 Å². The third-order valence-electron chi connectivity index (χ3n) is 2.92. The van der Waals surface area contributed by atoms with Crippen LogP contribution in [-0.4, -0.2) is 19.9 Å². The van der Waals surface area contributed by atoms with E-state index in [-0.39, 0.29) is 0 Å². The summed E-state index contributed by atoms with van der Waals surface area (Å²) in [6.07, 6.45) is 0. The number of anilines is 1. The van der Waals surface area contributed by atoms with Crippen LogP contribution in [0.25, 0.3) is 0 Å². The summed E-state index contributed by atoms with van der Waals surface area (Å²) in [6, 6.07) is 15.5. The molecule has 0 heterocycles. The number of benzene rings is 2. The predicted molar refractivity (Wildman–Crippen MR) is 81.8 cm³/mol. The lowest BCUT2D eigenvalue weighted by atomic mass is 10.1. The molecule has 4 nitrogen and oxygen atoms in total. The zero-order chi connectivity index (χ0) is 14.4. The van der Waals surface area contributed by atoms with Crippen LogP contribution in [0.1, 0.15) is 12.5 Å². The summed E-state index contributed by atoms with van der Waals surface area (Å²) >= 11 is 0. The molecule has 2 aromatic rings. The fourth-order valence-electron chi connectivity index (χ4n) is 1.82. The molecule has 0 bridgehead atoms. The van der Waals surface area contributed by atoms with Gasteiger partial charge >= 0.3 is 0 Å². The standard InChI is InChI=1S/C16H18N2O2/c1-12(17-18-13-7-5-4-6-8-13)15-10-9-14(19-2)11-16(15)20-3/h4-11,18H,1-3H3/b17-12+. The lowest BCUT2D eigenvalue weighted by molar-refractivity contribution is 0.394. The van der Waals surface area contributed by atoms with Gasteiger partial charge < -0.3 is 9.47 Å². The second kappa shape index (κ2) is 6.61. The number of rotatable bonds is 5. The van der Waals surface area contributed by atoms with Crippen molar-refractivity contribution < 1.29 is 9.47 Å². The number of hydrogen-bond donors (Lipinski definition) is 1. The fourth-order valence-corrected chi connectivity index (χ4v) is 1.82. The number of nitrogens with one attached hydrogen (secondary N) is 1.